The molecule has 0 atom stereocenters. The van der Waals surface area contributed by atoms with E-state index in [0.29, 0.717) is 6.07 Å². The molecule has 1 saturated heterocycles. The lowest BCUT2D eigenvalue weighted by Crippen LogP contribution is -2.52. The van der Waals surface area contributed by atoms with Crippen LogP contribution in [0.4, 0.5) is 13.2 Å². The minimum atomic E-state index is -4.80. The molecule has 1 aromatic heterocycles. The van der Waals surface area contributed by atoms with Gasteiger partial charge in [0.05, 0.1) is 28.3 Å². The summed E-state index contributed by atoms with van der Waals surface area (Å²) in [4.78, 5) is 26.7. The summed E-state index contributed by atoms with van der Waals surface area (Å²) in [7, 11) is -2.78. The van der Waals surface area contributed by atoms with Crippen molar-refractivity contribution in [3.63, 3.8) is 0 Å². The van der Waals surface area contributed by atoms with Gasteiger partial charge in [0.15, 0.2) is 5.76 Å². The van der Waals surface area contributed by atoms with Gasteiger partial charge in [-0.05, 0) is 30.3 Å². The van der Waals surface area contributed by atoms with Crippen LogP contribution in [0.3, 0.4) is 0 Å². The quantitative estimate of drug-likeness (QED) is 0.638. The second-order valence-corrected chi connectivity index (χ2v) is 9.41. The average molecular weight is 494 g/mol. The highest BCUT2D eigenvalue weighted by atomic mass is 35.5. The van der Waals surface area contributed by atoms with Crippen LogP contribution in [0.25, 0.3) is 0 Å². The maximum absolute atomic E-state index is 13.1. The van der Waals surface area contributed by atoms with Crippen molar-refractivity contribution in [3.8, 4) is 0 Å². The average Bonchev–Trinajstić information content (AvgIpc) is 3.27. The molecule has 32 heavy (non-hydrogen) atoms. The molecule has 0 unspecified atom stereocenters. The van der Waals surface area contributed by atoms with Crippen molar-refractivity contribution < 1.29 is 35.6 Å². The van der Waals surface area contributed by atoms with Crippen molar-refractivity contribution in [1.82, 2.24) is 14.1 Å². The second-order valence-electron chi connectivity index (χ2n) is 7.06. The van der Waals surface area contributed by atoms with E-state index in [1.54, 1.807) is 6.07 Å². The van der Waals surface area contributed by atoms with Crippen molar-refractivity contribution in [2.75, 3.05) is 39.8 Å². The molecular formula is C19H19ClF3N3O5S. The number of likely N-dealkylation sites (N-methyl/N-ethyl adjacent to an activating group) is 1. The molecule has 13 heteroatoms. The maximum atomic E-state index is 13.1. The zero-order valence-electron chi connectivity index (χ0n) is 16.8. The number of furan rings is 1. The number of benzene rings is 1. The van der Waals surface area contributed by atoms with Gasteiger partial charge >= 0.3 is 6.18 Å². The Labute approximate surface area is 187 Å². The van der Waals surface area contributed by atoms with E-state index >= 15 is 0 Å². The van der Waals surface area contributed by atoms with E-state index in [9.17, 15) is 31.2 Å². The molecule has 1 aliphatic heterocycles. The SMILES string of the molecule is CN(CC(=O)N1CCN(S(=O)(=O)c2ccc(Cl)c(C(F)(F)F)c2)CC1)C(=O)c1ccco1. The van der Waals surface area contributed by atoms with Crippen LogP contribution in [0.5, 0.6) is 0 Å². The summed E-state index contributed by atoms with van der Waals surface area (Å²) in [5.74, 6) is -0.791. The molecule has 0 radical (unpaired) electrons. The van der Waals surface area contributed by atoms with Crippen LogP contribution in [-0.2, 0) is 21.0 Å². The Morgan fingerprint density at radius 2 is 1.81 bits per heavy atom. The van der Waals surface area contributed by atoms with Crippen LogP contribution in [-0.4, -0.2) is 74.1 Å². The van der Waals surface area contributed by atoms with E-state index in [0.717, 1.165) is 16.4 Å². The fourth-order valence-electron chi connectivity index (χ4n) is 3.17. The molecule has 2 aromatic rings. The standard InChI is InChI=1S/C19H19ClF3N3O5S/c1-24(18(28)16-3-2-10-31-16)12-17(27)25-6-8-26(9-7-25)32(29,30)13-4-5-15(20)14(11-13)19(21,22)23/h2-5,10-11H,6-9,12H2,1H3. The van der Waals surface area contributed by atoms with E-state index in [-0.39, 0.29) is 38.5 Å². The van der Waals surface area contributed by atoms with Gasteiger partial charge in [-0.1, -0.05) is 11.6 Å². The summed E-state index contributed by atoms with van der Waals surface area (Å²) in [5.41, 5.74) is -1.24. The third-order valence-corrected chi connectivity index (χ3v) is 7.15. The molecule has 1 aromatic carbocycles. The van der Waals surface area contributed by atoms with Gasteiger partial charge < -0.3 is 14.2 Å². The highest BCUT2D eigenvalue weighted by molar-refractivity contribution is 7.89. The molecule has 8 nitrogen and oxygen atoms in total. The van der Waals surface area contributed by atoms with Gasteiger partial charge in [-0.25, -0.2) is 8.42 Å². The van der Waals surface area contributed by atoms with E-state index in [1.807, 2.05) is 0 Å². The monoisotopic (exact) mass is 493 g/mol. The van der Waals surface area contributed by atoms with E-state index < -0.39 is 43.5 Å². The van der Waals surface area contributed by atoms with Crippen LogP contribution < -0.4 is 0 Å². The number of carbonyl (C=O) groups is 2. The van der Waals surface area contributed by atoms with Gasteiger partial charge in [-0.2, -0.15) is 17.5 Å². The van der Waals surface area contributed by atoms with Crippen molar-refractivity contribution >= 4 is 33.4 Å². The lowest BCUT2D eigenvalue weighted by molar-refractivity contribution is -0.137. The summed E-state index contributed by atoms with van der Waals surface area (Å²) in [6, 6.07) is 5.42. The van der Waals surface area contributed by atoms with E-state index in [1.165, 1.54) is 29.2 Å². The first-order chi connectivity index (χ1) is 14.9. The summed E-state index contributed by atoms with van der Waals surface area (Å²) < 4.78 is 70.9. The van der Waals surface area contributed by atoms with Crippen molar-refractivity contribution in [2.45, 2.75) is 11.1 Å². The highest BCUT2D eigenvalue weighted by Crippen LogP contribution is 2.36. The van der Waals surface area contributed by atoms with Crippen LogP contribution in [0.1, 0.15) is 16.1 Å². The van der Waals surface area contributed by atoms with E-state index in [4.69, 9.17) is 16.0 Å². The molecule has 1 aliphatic rings. The van der Waals surface area contributed by atoms with Crippen LogP contribution in [0, 0.1) is 0 Å². The molecule has 2 amide bonds. The number of carbonyl (C=O) groups excluding carboxylic acids is 2. The molecule has 3 rings (SSSR count). The van der Waals surface area contributed by atoms with Crippen LogP contribution in [0.2, 0.25) is 5.02 Å². The Balaban J connectivity index is 1.63. The smallest absolute Gasteiger partial charge is 0.417 e. The van der Waals surface area contributed by atoms with Gasteiger partial charge in [0.25, 0.3) is 5.91 Å². The normalized spacial score (nSPS) is 15.6. The first kappa shape index (κ1) is 24.1. The summed E-state index contributed by atoms with van der Waals surface area (Å²) in [6.45, 7) is -0.388. The molecule has 0 aliphatic carbocycles. The minimum absolute atomic E-state index is 0.0283. The zero-order chi connectivity index (χ0) is 23.7. The predicted molar refractivity (Wildman–Crippen MR) is 107 cm³/mol. The van der Waals surface area contributed by atoms with Gasteiger partial charge in [0.1, 0.15) is 0 Å². The largest absolute Gasteiger partial charge is 0.459 e. The number of rotatable bonds is 5. The number of halogens is 4. The molecule has 0 spiro atoms. The third-order valence-electron chi connectivity index (χ3n) is 4.92. The van der Waals surface area contributed by atoms with Gasteiger partial charge in [-0.3, -0.25) is 9.59 Å². The summed E-state index contributed by atoms with van der Waals surface area (Å²) in [5, 5.41) is -0.597. The number of alkyl halides is 3. The zero-order valence-corrected chi connectivity index (χ0v) is 18.4. The Morgan fingerprint density at radius 1 is 1.16 bits per heavy atom. The molecule has 0 bridgehead atoms. The summed E-state index contributed by atoms with van der Waals surface area (Å²) in [6.07, 6.45) is -3.46. The number of hydrogen-bond acceptors (Lipinski definition) is 5. The molecular weight excluding hydrogens is 475 g/mol. The maximum Gasteiger partial charge on any atom is 0.417 e. The number of piperazine rings is 1. The molecule has 174 valence electrons. The van der Waals surface area contributed by atoms with Gasteiger partial charge in [-0.15, -0.1) is 0 Å². The van der Waals surface area contributed by atoms with Crippen LogP contribution in [0.15, 0.2) is 45.9 Å². The van der Waals surface area contributed by atoms with Crippen LogP contribution >= 0.6 is 11.6 Å². The number of amides is 2. The molecule has 0 saturated carbocycles. The predicted octanol–water partition coefficient (Wildman–Crippen LogP) is 2.56. The van der Waals surface area contributed by atoms with Crippen molar-refractivity contribution in [2.24, 2.45) is 0 Å². The Kier molecular flexibility index (Phi) is 6.86. The molecule has 0 N–H and O–H groups in total. The second kappa shape index (κ2) is 9.12. The highest BCUT2D eigenvalue weighted by Gasteiger charge is 2.36. The Hall–Kier alpha value is -2.57. The number of nitrogens with zero attached hydrogens (tertiary/aromatic N) is 3. The lowest BCUT2D eigenvalue weighted by Gasteiger charge is -2.34. The molecule has 2 heterocycles. The minimum Gasteiger partial charge on any atom is -0.459 e. The fraction of sp³-hybridized carbons (Fsp3) is 0.368. The third kappa shape index (κ3) is 5.08. The van der Waals surface area contributed by atoms with Crippen molar-refractivity contribution in [1.29, 1.82) is 0 Å². The lowest BCUT2D eigenvalue weighted by atomic mass is 10.2. The molecule has 1 fully saturated rings. The fourth-order valence-corrected chi connectivity index (χ4v) is 4.85. The first-order valence-electron chi connectivity index (χ1n) is 9.35. The number of sulfonamides is 1. The number of hydrogen-bond donors (Lipinski definition) is 0. The Morgan fingerprint density at radius 3 is 2.38 bits per heavy atom. The van der Waals surface area contributed by atoms with Gasteiger partial charge in [0.2, 0.25) is 15.9 Å². The van der Waals surface area contributed by atoms with E-state index in [2.05, 4.69) is 0 Å². The summed E-state index contributed by atoms with van der Waals surface area (Å²) >= 11 is 5.56. The topological polar surface area (TPSA) is 91.1 Å². The first-order valence-corrected chi connectivity index (χ1v) is 11.2. The van der Waals surface area contributed by atoms with Gasteiger partial charge in [0, 0.05) is 33.2 Å². The Bertz CT molecular complexity index is 1100. The van der Waals surface area contributed by atoms with Crippen molar-refractivity contribution in [3.05, 3.63) is 52.9 Å².